The summed E-state index contributed by atoms with van der Waals surface area (Å²) in [5.41, 5.74) is 0.599. The number of ketones is 1. The van der Waals surface area contributed by atoms with E-state index in [9.17, 15) is 14.7 Å². The Balaban J connectivity index is 1.97. The van der Waals surface area contributed by atoms with Gasteiger partial charge in [-0.25, -0.2) is 0 Å². The molecular weight excluding hydrogens is 390 g/mol. The molecule has 1 N–H and O–H groups in total. The largest absolute Gasteiger partial charge is 0.507 e. The molecule has 2 heterocycles. The van der Waals surface area contributed by atoms with Gasteiger partial charge in [-0.1, -0.05) is 13.0 Å². The van der Waals surface area contributed by atoms with Crippen molar-refractivity contribution < 1.29 is 24.2 Å². The molecule has 1 aromatic heterocycles. The Kier molecular flexibility index (Phi) is 7.06. The topological polar surface area (TPSA) is 76.1 Å². The van der Waals surface area contributed by atoms with Crippen LogP contribution in [0.5, 0.6) is 5.75 Å². The summed E-state index contributed by atoms with van der Waals surface area (Å²) < 4.78 is 10.6. The van der Waals surface area contributed by atoms with Crippen LogP contribution < -0.4 is 4.74 Å². The highest BCUT2D eigenvalue weighted by Gasteiger charge is 2.46. The number of amides is 1. The molecule has 0 bridgehead atoms. The van der Waals surface area contributed by atoms with E-state index in [4.69, 9.17) is 9.47 Å². The van der Waals surface area contributed by atoms with Gasteiger partial charge in [-0.2, -0.15) is 0 Å². The van der Waals surface area contributed by atoms with Gasteiger partial charge in [0.15, 0.2) is 0 Å². The fourth-order valence-electron chi connectivity index (χ4n) is 3.32. The maximum atomic E-state index is 12.8. The molecule has 29 heavy (non-hydrogen) atoms. The van der Waals surface area contributed by atoms with E-state index in [1.165, 1.54) is 16.2 Å². The fraction of sp³-hybridized carbons (Fsp3) is 0.364. The number of hydrogen-bond donors (Lipinski definition) is 1. The molecule has 1 aliphatic rings. The summed E-state index contributed by atoms with van der Waals surface area (Å²) in [4.78, 5) is 27.9. The highest BCUT2D eigenvalue weighted by Crippen LogP contribution is 2.41. The minimum atomic E-state index is -0.662. The maximum absolute atomic E-state index is 12.8. The third-order valence-electron chi connectivity index (χ3n) is 4.70. The molecule has 6 nitrogen and oxygen atoms in total. The lowest BCUT2D eigenvalue weighted by Gasteiger charge is -2.23. The highest BCUT2D eigenvalue weighted by atomic mass is 32.1. The Morgan fingerprint density at radius 3 is 2.55 bits per heavy atom. The second kappa shape index (κ2) is 9.71. The molecule has 0 spiro atoms. The van der Waals surface area contributed by atoms with Crippen LogP contribution in [-0.2, 0) is 14.3 Å². The second-order valence-corrected chi connectivity index (χ2v) is 7.71. The van der Waals surface area contributed by atoms with E-state index in [0.29, 0.717) is 37.5 Å². The van der Waals surface area contributed by atoms with Crippen molar-refractivity contribution in [1.29, 1.82) is 0 Å². The van der Waals surface area contributed by atoms with Gasteiger partial charge >= 0.3 is 0 Å². The van der Waals surface area contributed by atoms with Crippen molar-refractivity contribution in [3.8, 4) is 5.75 Å². The molecule has 7 heteroatoms. The molecule has 1 fully saturated rings. The van der Waals surface area contributed by atoms with Crippen molar-refractivity contribution >= 4 is 28.8 Å². The number of hydrogen-bond acceptors (Lipinski definition) is 6. The number of rotatable bonds is 9. The fourth-order valence-corrected chi connectivity index (χ4v) is 4.16. The Hall–Kier alpha value is -2.64. The summed E-state index contributed by atoms with van der Waals surface area (Å²) >= 11 is 1.45. The van der Waals surface area contributed by atoms with Crippen molar-refractivity contribution in [2.75, 3.05) is 26.9 Å². The van der Waals surface area contributed by atoms with Crippen molar-refractivity contribution in [1.82, 2.24) is 4.90 Å². The number of nitrogens with zero attached hydrogens (tertiary/aromatic N) is 1. The number of likely N-dealkylation sites (tertiary alicyclic amines) is 1. The van der Waals surface area contributed by atoms with Crippen LogP contribution in [0.25, 0.3) is 5.76 Å². The van der Waals surface area contributed by atoms with Gasteiger partial charge in [0.2, 0.25) is 0 Å². The van der Waals surface area contributed by atoms with Crippen LogP contribution in [0.15, 0.2) is 47.4 Å². The zero-order valence-corrected chi connectivity index (χ0v) is 17.4. The number of ether oxygens (including phenoxy) is 2. The number of aliphatic hydroxyl groups excluding tert-OH is 1. The van der Waals surface area contributed by atoms with Gasteiger partial charge in [-0.15, -0.1) is 11.3 Å². The summed E-state index contributed by atoms with van der Waals surface area (Å²) in [6.45, 7) is 3.49. The van der Waals surface area contributed by atoms with E-state index in [-0.39, 0.29) is 11.3 Å². The van der Waals surface area contributed by atoms with Crippen molar-refractivity contribution in [3.63, 3.8) is 0 Å². The zero-order valence-electron chi connectivity index (χ0n) is 16.6. The standard InChI is InChI=1S/C22H25NO5S/c1-3-12-28-16-9-7-15(8-10-16)20(24)18-19(17-6-4-14-29-17)23(11-5-13-27-2)22(26)21(18)25/h4,6-10,14,19,24H,3,5,11-13H2,1-2H3/b20-18-. The summed E-state index contributed by atoms with van der Waals surface area (Å²) in [7, 11) is 1.60. The number of carbonyl (C=O) groups is 2. The van der Waals surface area contributed by atoms with Crippen LogP contribution in [0.4, 0.5) is 0 Å². The molecule has 1 aliphatic heterocycles. The first-order chi connectivity index (χ1) is 14.1. The second-order valence-electron chi connectivity index (χ2n) is 6.73. The molecule has 1 aromatic carbocycles. The van der Waals surface area contributed by atoms with Gasteiger partial charge in [0, 0.05) is 30.7 Å². The number of carbonyl (C=O) groups excluding carboxylic acids is 2. The van der Waals surface area contributed by atoms with Gasteiger partial charge in [-0.05, 0) is 48.6 Å². The van der Waals surface area contributed by atoms with Gasteiger partial charge < -0.3 is 19.5 Å². The third-order valence-corrected chi connectivity index (χ3v) is 5.63. The van der Waals surface area contributed by atoms with Gasteiger partial charge in [-0.3, -0.25) is 9.59 Å². The number of methoxy groups -OCH3 is 1. The van der Waals surface area contributed by atoms with E-state index >= 15 is 0 Å². The lowest BCUT2D eigenvalue weighted by molar-refractivity contribution is -0.140. The Labute approximate surface area is 174 Å². The summed E-state index contributed by atoms with van der Waals surface area (Å²) in [6, 6.07) is 10.0. The van der Waals surface area contributed by atoms with Crippen LogP contribution in [0.2, 0.25) is 0 Å². The summed E-state index contributed by atoms with van der Waals surface area (Å²) in [5.74, 6) is -0.732. The average molecular weight is 416 g/mol. The molecule has 1 unspecified atom stereocenters. The minimum absolute atomic E-state index is 0.122. The predicted octanol–water partition coefficient (Wildman–Crippen LogP) is 4.00. The van der Waals surface area contributed by atoms with Gasteiger partial charge in [0.05, 0.1) is 18.2 Å². The van der Waals surface area contributed by atoms with Gasteiger partial charge in [0.1, 0.15) is 11.5 Å². The smallest absolute Gasteiger partial charge is 0.295 e. The molecular formula is C22H25NO5S. The number of aliphatic hydroxyl groups is 1. The van der Waals surface area contributed by atoms with Gasteiger partial charge in [0.25, 0.3) is 11.7 Å². The Morgan fingerprint density at radius 2 is 1.93 bits per heavy atom. The van der Waals surface area contributed by atoms with Crippen molar-refractivity contribution in [2.45, 2.75) is 25.8 Å². The van der Waals surface area contributed by atoms with E-state index in [1.807, 2.05) is 24.4 Å². The molecule has 1 saturated heterocycles. The summed E-state index contributed by atoms with van der Waals surface area (Å²) in [5, 5.41) is 12.8. The summed E-state index contributed by atoms with van der Waals surface area (Å²) in [6.07, 6.45) is 1.50. The monoisotopic (exact) mass is 415 g/mol. The SMILES string of the molecule is CCCOc1ccc(/C(O)=C2/C(=O)C(=O)N(CCCOC)C2c2cccs2)cc1. The molecule has 0 radical (unpaired) electrons. The van der Waals surface area contributed by atoms with E-state index in [2.05, 4.69) is 0 Å². The normalized spacial score (nSPS) is 18.4. The lowest BCUT2D eigenvalue weighted by Crippen LogP contribution is -2.31. The Bertz CT molecular complexity index is 873. The van der Waals surface area contributed by atoms with Crippen molar-refractivity contribution in [2.24, 2.45) is 0 Å². The third kappa shape index (κ3) is 4.52. The molecule has 0 saturated carbocycles. The average Bonchev–Trinajstić information content (AvgIpc) is 3.35. The first-order valence-corrected chi connectivity index (χ1v) is 10.5. The first-order valence-electron chi connectivity index (χ1n) is 9.62. The van der Waals surface area contributed by atoms with E-state index < -0.39 is 17.7 Å². The molecule has 2 aromatic rings. The number of benzene rings is 1. The molecule has 0 aliphatic carbocycles. The van der Waals surface area contributed by atoms with Crippen LogP contribution in [-0.4, -0.2) is 48.6 Å². The predicted molar refractivity (Wildman–Crippen MR) is 112 cm³/mol. The maximum Gasteiger partial charge on any atom is 0.295 e. The minimum Gasteiger partial charge on any atom is -0.507 e. The van der Waals surface area contributed by atoms with E-state index in [0.717, 1.165) is 11.3 Å². The quantitative estimate of drug-likeness (QED) is 0.290. The molecule has 1 amide bonds. The Morgan fingerprint density at radius 1 is 1.17 bits per heavy atom. The highest BCUT2D eigenvalue weighted by molar-refractivity contribution is 7.10. The number of Topliss-reactive ketones (excluding diaryl/α,β-unsaturated/α-hetero) is 1. The molecule has 3 rings (SSSR count). The van der Waals surface area contributed by atoms with Crippen LogP contribution in [0, 0.1) is 0 Å². The van der Waals surface area contributed by atoms with Crippen LogP contribution >= 0.6 is 11.3 Å². The molecule has 154 valence electrons. The lowest BCUT2D eigenvalue weighted by atomic mass is 10.00. The zero-order chi connectivity index (χ0) is 20.8. The van der Waals surface area contributed by atoms with Crippen molar-refractivity contribution in [3.05, 3.63) is 57.8 Å². The van der Waals surface area contributed by atoms with E-state index in [1.54, 1.807) is 31.4 Å². The molecule has 1 atom stereocenters. The van der Waals surface area contributed by atoms with Crippen LogP contribution in [0.3, 0.4) is 0 Å². The first kappa shape index (κ1) is 21.1. The van der Waals surface area contributed by atoms with Crippen LogP contribution in [0.1, 0.15) is 36.2 Å². The number of thiophene rings is 1.